The molecule has 0 fully saturated rings. The van der Waals surface area contributed by atoms with Gasteiger partial charge in [-0.3, -0.25) is 0 Å². The van der Waals surface area contributed by atoms with E-state index in [-0.39, 0.29) is 0 Å². The molecule has 0 bridgehead atoms. The van der Waals surface area contributed by atoms with Gasteiger partial charge >= 0.3 is 12.5 Å². The van der Waals surface area contributed by atoms with Crippen LogP contribution in [0.2, 0.25) is 0 Å². The van der Waals surface area contributed by atoms with Crippen LogP contribution < -0.4 is 4.74 Å². The van der Waals surface area contributed by atoms with Crippen molar-refractivity contribution in [2.24, 2.45) is 0 Å². The number of aromatic nitrogens is 1. The van der Waals surface area contributed by atoms with Gasteiger partial charge in [0.05, 0.1) is 0 Å². The van der Waals surface area contributed by atoms with Crippen molar-refractivity contribution < 1.29 is 35.5 Å². The van der Waals surface area contributed by atoms with E-state index in [0.717, 1.165) is 0 Å². The minimum atomic E-state index is -5.35. The summed E-state index contributed by atoms with van der Waals surface area (Å²) in [6.45, 7) is 0. The molecule has 0 radical (unpaired) electrons. The van der Waals surface area contributed by atoms with Crippen LogP contribution >= 0.6 is 11.6 Å². The molecule has 0 N–H and O–H groups in total. The topological polar surface area (TPSA) is 22.1 Å². The SMILES string of the molecule is Fc1c(OC(F)(F)F)ncc(CCl)c1C(F)(F)F. The van der Waals surface area contributed by atoms with Crippen LogP contribution in [0.5, 0.6) is 5.88 Å². The zero-order chi connectivity index (χ0) is 14.1. The lowest BCUT2D eigenvalue weighted by molar-refractivity contribution is -0.277. The van der Waals surface area contributed by atoms with Gasteiger partial charge in [-0.05, 0) is 0 Å². The first-order valence-electron chi connectivity index (χ1n) is 4.12. The van der Waals surface area contributed by atoms with Crippen molar-refractivity contribution in [3.8, 4) is 5.88 Å². The first kappa shape index (κ1) is 14.8. The normalized spacial score (nSPS) is 12.7. The minimum Gasteiger partial charge on any atom is -0.385 e. The summed E-state index contributed by atoms with van der Waals surface area (Å²) >= 11 is 5.13. The Bertz CT molecular complexity index is 442. The van der Waals surface area contributed by atoms with Crippen LogP contribution in [-0.2, 0) is 12.1 Å². The fourth-order valence-corrected chi connectivity index (χ4v) is 1.30. The van der Waals surface area contributed by atoms with E-state index in [0.29, 0.717) is 6.20 Å². The third kappa shape index (κ3) is 3.37. The van der Waals surface area contributed by atoms with Crippen molar-refractivity contribution >= 4 is 11.6 Å². The van der Waals surface area contributed by atoms with Gasteiger partial charge in [-0.15, -0.1) is 24.8 Å². The molecule has 1 aromatic rings. The number of alkyl halides is 7. The summed E-state index contributed by atoms with van der Waals surface area (Å²) in [6, 6.07) is 0. The van der Waals surface area contributed by atoms with Crippen molar-refractivity contribution in [2.75, 3.05) is 0 Å². The van der Waals surface area contributed by atoms with E-state index in [1.54, 1.807) is 0 Å². The molecule has 1 aromatic heterocycles. The Morgan fingerprint density at radius 1 is 1.17 bits per heavy atom. The second kappa shape index (κ2) is 4.79. The minimum absolute atomic E-state index is 0.375. The van der Waals surface area contributed by atoms with Gasteiger partial charge in [0.25, 0.3) is 5.88 Å². The standard InChI is InChI=1S/C8H3ClF7NO/c9-1-3-2-17-6(18-8(14,15)16)5(10)4(3)7(11,12)13/h2H,1H2. The van der Waals surface area contributed by atoms with Crippen LogP contribution in [0.25, 0.3) is 0 Å². The highest BCUT2D eigenvalue weighted by atomic mass is 35.5. The monoisotopic (exact) mass is 297 g/mol. The molecule has 0 amide bonds. The lowest BCUT2D eigenvalue weighted by atomic mass is 10.1. The first-order valence-corrected chi connectivity index (χ1v) is 4.66. The zero-order valence-electron chi connectivity index (χ0n) is 8.16. The summed E-state index contributed by atoms with van der Waals surface area (Å²) in [5.41, 5.74) is -2.71. The van der Waals surface area contributed by atoms with Gasteiger partial charge in [0.15, 0.2) is 5.82 Å². The average molecular weight is 298 g/mol. The van der Waals surface area contributed by atoms with Crippen LogP contribution in [-0.4, -0.2) is 11.3 Å². The Balaban J connectivity index is 3.35. The van der Waals surface area contributed by atoms with Crippen molar-refractivity contribution in [3.63, 3.8) is 0 Å². The maximum absolute atomic E-state index is 13.3. The van der Waals surface area contributed by atoms with Crippen LogP contribution in [0, 0.1) is 5.82 Å². The summed E-state index contributed by atoms with van der Waals surface area (Å²) in [6.07, 6.45) is -10.2. The maximum Gasteiger partial charge on any atom is 0.574 e. The molecular formula is C8H3ClF7NO. The van der Waals surface area contributed by atoms with Gasteiger partial charge < -0.3 is 4.74 Å². The Kier molecular flexibility index (Phi) is 3.94. The molecule has 0 saturated heterocycles. The molecule has 0 aliphatic heterocycles. The third-order valence-corrected chi connectivity index (χ3v) is 1.99. The van der Waals surface area contributed by atoms with E-state index in [2.05, 4.69) is 9.72 Å². The lowest BCUT2D eigenvalue weighted by Gasteiger charge is -2.15. The third-order valence-electron chi connectivity index (χ3n) is 1.71. The summed E-state index contributed by atoms with van der Waals surface area (Å²) in [5, 5.41) is 0. The summed E-state index contributed by atoms with van der Waals surface area (Å²) in [7, 11) is 0. The summed E-state index contributed by atoms with van der Waals surface area (Å²) < 4.78 is 89.0. The van der Waals surface area contributed by atoms with Crippen LogP contribution in [0.15, 0.2) is 6.20 Å². The molecule has 0 aromatic carbocycles. The smallest absolute Gasteiger partial charge is 0.385 e. The largest absolute Gasteiger partial charge is 0.574 e. The molecule has 0 aliphatic carbocycles. The van der Waals surface area contributed by atoms with Gasteiger partial charge in [0.2, 0.25) is 0 Å². The van der Waals surface area contributed by atoms with E-state index in [9.17, 15) is 30.7 Å². The molecular weight excluding hydrogens is 295 g/mol. The zero-order valence-corrected chi connectivity index (χ0v) is 8.92. The predicted octanol–water partition coefficient (Wildman–Crippen LogP) is 3.88. The number of ether oxygens (including phenoxy) is 1. The second-order valence-corrected chi connectivity index (χ2v) is 3.22. The molecule has 102 valence electrons. The highest BCUT2D eigenvalue weighted by Crippen LogP contribution is 2.38. The van der Waals surface area contributed by atoms with E-state index in [4.69, 9.17) is 11.6 Å². The van der Waals surface area contributed by atoms with Gasteiger partial charge in [0, 0.05) is 17.6 Å². The second-order valence-electron chi connectivity index (χ2n) is 2.96. The molecule has 0 saturated carbocycles. The number of nitrogens with zero attached hydrogens (tertiary/aromatic N) is 1. The lowest BCUT2D eigenvalue weighted by Crippen LogP contribution is -2.21. The predicted molar refractivity (Wildman–Crippen MR) is 45.4 cm³/mol. The van der Waals surface area contributed by atoms with Gasteiger partial charge in [0.1, 0.15) is 5.56 Å². The van der Waals surface area contributed by atoms with Crippen molar-refractivity contribution in [1.29, 1.82) is 0 Å². The van der Waals surface area contributed by atoms with E-state index in [1.165, 1.54) is 0 Å². The molecule has 10 heteroatoms. The van der Waals surface area contributed by atoms with Gasteiger partial charge in [-0.25, -0.2) is 9.37 Å². The molecule has 1 heterocycles. The Labute approximate surface area is 100 Å². The number of hydrogen-bond donors (Lipinski definition) is 0. The molecule has 18 heavy (non-hydrogen) atoms. The molecule has 0 unspecified atom stereocenters. The quantitative estimate of drug-likeness (QED) is 0.610. The number of halogens is 8. The number of rotatable bonds is 2. The van der Waals surface area contributed by atoms with Crippen molar-refractivity contribution in [3.05, 3.63) is 23.1 Å². The number of hydrogen-bond acceptors (Lipinski definition) is 2. The molecule has 0 aliphatic rings. The average Bonchev–Trinajstić information content (AvgIpc) is 2.16. The summed E-state index contributed by atoms with van der Waals surface area (Å²) in [5.74, 6) is -4.81. The van der Waals surface area contributed by atoms with E-state index in [1.807, 2.05) is 0 Å². The Morgan fingerprint density at radius 2 is 1.72 bits per heavy atom. The van der Waals surface area contributed by atoms with Crippen LogP contribution in [0.3, 0.4) is 0 Å². The molecule has 2 nitrogen and oxygen atoms in total. The van der Waals surface area contributed by atoms with Crippen molar-refractivity contribution in [2.45, 2.75) is 18.4 Å². The van der Waals surface area contributed by atoms with Crippen LogP contribution in [0.1, 0.15) is 11.1 Å². The Morgan fingerprint density at radius 3 is 2.11 bits per heavy atom. The molecule has 1 rings (SSSR count). The molecule has 0 atom stereocenters. The highest BCUT2D eigenvalue weighted by molar-refractivity contribution is 6.17. The fraction of sp³-hybridized carbons (Fsp3) is 0.375. The molecule has 0 spiro atoms. The number of pyridine rings is 1. The fourth-order valence-electron chi connectivity index (χ4n) is 1.09. The van der Waals surface area contributed by atoms with E-state index >= 15 is 0 Å². The maximum atomic E-state index is 13.3. The van der Waals surface area contributed by atoms with E-state index < -0.39 is 41.2 Å². The van der Waals surface area contributed by atoms with Crippen molar-refractivity contribution in [1.82, 2.24) is 4.98 Å². The first-order chi connectivity index (χ1) is 8.06. The van der Waals surface area contributed by atoms with Gasteiger partial charge in [-0.2, -0.15) is 13.2 Å². The summed E-state index contributed by atoms with van der Waals surface area (Å²) in [4.78, 5) is 2.81. The Hall–Kier alpha value is -1.25. The van der Waals surface area contributed by atoms with Gasteiger partial charge in [-0.1, -0.05) is 0 Å². The highest BCUT2D eigenvalue weighted by Gasteiger charge is 2.41. The van der Waals surface area contributed by atoms with Crippen LogP contribution in [0.4, 0.5) is 30.7 Å².